The van der Waals surface area contributed by atoms with Gasteiger partial charge in [-0.15, -0.1) is 10.2 Å². The van der Waals surface area contributed by atoms with E-state index in [1.165, 1.54) is 12.1 Å². The molecule has 0 aliphatic heterocycles. The van der Waals surface area contributed by atoms with Gasteiger partial charge in [0.25, 0.3) is 0 Å². The Morgan fingerprint density at radius 1 is 1.54 bits per heavy atom. The van der Waals surface area contributed by atoms with Gasteiger partial charge >= 0.3 is 5.97 Å². The highest BCUT2D eigenvalue weighted by atomic mass is 16.4. The molecule has 0 spiro atoms. The van der Waals surface area contributed by atoms with Crippen molar-refractivity contribution in [2.75, 3.05) is 0 Å². The van der Waals surface area contributed by atoms with Gasteiger partial charge in [-0.25, -0.2) is 4.79 Å². The lowest BCUT2D eigenvalue weighted by Crippen LogP contribution is -1.97. The van der Waals surface area contributed by atoms with Crippen LogP contribution in [0, 0.1) is 6.92 Å². The number of aromatic nitrogens is 3. The SMILES string of the molecule is Cc1nnc2cc(C(=O)O)ccn12. The minimum absolute atomic E-state index is 0.222. The smallest absolute Gasteiger partial charge is 0.335 e. The Balaban J connectivity index is 2.70. The first kappa shape index (κ1) is 7.72. The van der Waals surface area contributed by atoms with E-state index in [4.69, 9.17) is 5.11 Å². The average molecular weight is 177 g/mol. The summed E-state index contributed by atoms with van der Waals surface area (Å²) in [5.74, 6) is -0.213. The maximum Gasteiger partial charge on any atom is 0.335 e. The summed E-state index contributed by atoms with van der Waals surface area (Å²) in [5, 5.41) is 16.3. The van der Waals surface area contributed by atoms with Crippen LogP contribution in [0.5, 0.6) is 0 Å². The first-order valence-corrected chi connectivity index (χ1v) is 3.73. The topological polar surface area (TPSA) is 67.5 Å². The minimum atomic E-state index is -0.955. The van der Waals surface area contributed by atoms with Crippen molar-refractivity contribution >= 4 is 11.6 Å². The predicted octanol–water partition coefficient (Wildman–Crippen LogP) is 0.736. The molecule has 0 saturated heterocycles. The van der Waals surface area contributed by atoms with Gasteiger partial charge in [0.2, 0.25) is 0 Å². The quantitative estimate of drug-likeness (QED) is 0.697. The van der Waals surface area contributed by atoms with Gasteiger partial charge in [-0.05, 0) is 19.1 Å². The lowest BCUT2D eigenvalue weighted by Gasteiger charge is -1.95. The molecule has 1 N–H and O–H groups in total. The lowest BCUT2D eigenvalue weighted by molar-refractivity contribution is 0.0697. The number of rotatable bonds is 1. The molecule has 13 heavy (non-hydrogen) atoms. The molecule has 0 fully saturated rings. The summed E-state index contributed by atoms with van der Waals surface area (Å²) in [6.45, 7) is 1.81. The van der Waals surface area contributed by atoms with Gasteiger partial charge in [-0.3, -0.25) is 4.40 Å². The maximum absolute atomic E-state index is 10.6. The third kappa shape index (κ3) is 1.14. The highest BCUT2D eigenvalue weighted by Crippen LogP contribution is 2.06. The second-order valence-corrected chi connectivity index (χ2v) is 2.70. The van der Waals surface area contributed by atoms with E-state index in [1.807, 2.05) is 0 Å². The molecule has 66 valence electrons. The zero-order valence-electron chi connectivity index (χ0n) is 6.93. The highest BCUT2D eigenvalue weighted by Gasteiger charge is 2.05. The molecule has 0 aliphatic rings. The average Bonchev–Trinajstić information content (AvgIpc) is 2.47. The number of carbonyl (C=O) groups is 1. The fourth-order valence-corrected chi connectivity index (χ4v) is 1.14. The van der Waals surface area contributed by atoms with Crippen LogP contribution in [0.3, 0.4) is 0 Å². The summed E-state index contributed by atoms with van der Waals surface area (Å²) < 4.78 is 1.73. The number of hydrogen-bond acceptors (Lipinski definition) is 3. The number of fused-ring (bicyclic) bond motifs is 1. The second kappa shape index (κ2) is 2.55. The van der Waals surface area contributed by atoms with Gasteiger partial charge in [0.05, 0.1) is 5.56 Å². The third-order valence-corrected chi connectivity index (χ3v) is 1.83. The van der Waals surface area contributed by atoms with Crippen LogP contribution in [0.4, 0.5) is 0 Å². The fraction of sp³-hybridized carbons (Fsp3) is 0.125. The highest BCUT2D eigenvalue weighted by molar-refractivity contribution is 5.88. The van der Waals surface area contributed by atoms with Gasteiger partial charge in [-0.1, -0.05) is 0 Å². The van der Waals surface area contributed by atoms with Crippen LogP contribution in [0.2, 0.25) is 0 Å². The molecule has 0 radical (unpaired) electrons. The molecular weight excluding hydrogens is 170 g/mol. The van der Waals surface area contributed by atoms with E-state index in [-0.39, 0.29) is 5.56 Å². The minimum Gasteiger partial charge on any atom is -0.478 e. The van der Waals surface area contributed by atoms with Crippen molar-refractivity contribution in [3.05, 3.63) is 29.7 Å². The molecular formula is C8H7N3O2. The summed E-state index contributed by atoms with van der Waals surface area (Å²) in [6.07, 6.45) is 1.65. The van der Waals surface area contributed by atoms with Gasteiger partial charge in [0.1, 0.15) is 5.82 Å². The standard InChI is InChI=1S/C8H7N3O2/c1-5-9-10-7-4-6(8(12)13)2-3-11(5)7/h2-4H,1H3,(H,12,13). The van der Waals surface area contributed by atoms with Crippen LogP contribution in [0.15, 0.2) is 18.3 Å². The molecule has 0 amide bonds. The van der Waals surface area contributed by atoms with E-state index >= 15 is 0 Å². The van der Waals surface area contributed by atoms with Crippen molar-refractivity contribution in [3.63, 3.8) is 0 Å². The maximum atomic E-state index is 10.6. The molecule has 0 saturated carbocycles. The van der Waals surface area contributed by atoms with Gasteiger partial charge in [-0.2, -0.15) is 0 Å². The molecule has 0 aromatic carbocycles. The Hall–Kier alpha value is -1.91. The van der Waals surface area contributed by atoms with E-state index in [0.717, 1.165) is 5.82 Å². The largest absolute Gasteiger partial charge is 0.478 e. The van der Waals surface area contributed by atoms with E-state index in [0.29, 0.717) is 5.65 Å². The van der Waals surface area contributed by atoms with Crippen LogP contribution in [-0.2, 0) is 0 Å². The number of aromatic carboxylic acids is 1. The molecule has 2 rings (SSSR count). The van der Waals surface area contributed by atoms with Gasteiger partial charge < -0.3 is 5.11 Å². The first-order valence-electron chi connectivity index (χ1n) is 3.73. The van der Waals surface area contributed by atoms with Crippen LogP contribution < -0.4 is 0 Å². The Morgan fingerprint density at radius 3 is 3.00 bits per heavy atom. The van der Waals surface area contributed by atoms with Crippen LogP contribution in [-0.4, -0.2) is 25.7 Å². The summed E-state index contributed by atoms with van der Waals surface area (Å²) >= 11 is 0. The van der Waals surface area contributed by atoms with Crippen LogP contribution in [0.1, 0.15) is 16.2 Å². The predicted molar refractivity (Wildman–Crippen MR) is 44.7 cm³/mol. The van der Waals surface area contributed by atoms with Gasteiger partial charge in [0, 0.05) is 6.20 Å². The fourth-order valence-electron chi connectivity index (χ4n) is 1.14. The number of aryl methyl sites for hydroxylation is 1. The van der Waals surface area contributed by atoms with Crippen molar-refractivity contribution in [3.8, 4) is 0 Å². The third-order valence-electron chi connectivity index (χ3n) is 1.83. The number of pyridine rings is 1. The zero-order valence-corrected chi connectivity index (χ0v) is 6.93. The summed E-state index contributed by atoms with van der Waals surface area (Å²) in [7, 11) is 0. The molecule has 5 heteroatoms. The zero-order chi connectivity index (χ0) is 9.42. The van der Waals surface area contributed by atoms with Crippen LogP contribution in [0.25, 0.3) is 5.65 Å². The number of nitrogens with zero attached hydrogens (tertiary/aromatic N) is 3. The molecule has 2 heterocycles. The number of hydrogen-bond donors (Lipinski definition) is 1. The Kier molecular flexibility index (Phi) is 1.51. The normalized spacial score (nSPS) is 10.5. The lowest BCUT2D eigenvalue weighted by atomic mass is 10.3. The van der Waals surface area contributed by atoms with E-state index in [9.17, 15) is 4.79 Å². The summed E-state index contributed by atoms with van der Waals surface area (Å²) in [5.41, 5.74) is 0.775. The molecule has 0 atom stereocenters. The molecule has 2 aromatic rings. The summed E-state index contributed by atoms with van der Waals surface area (Å²) in [4.78, 5) is 10.6. The van der Waals surface area contributed by atoms with E-state index in [1.54, 1.807) is 17.5 Å². The molecule has 0 aliphatic carbocycles. The Morgan fingerprint density at radius 2 is 2.31 bits per heavy atom. The van der Waals surface area contributed by atoms with Crippen molar-refractivity contribution in [1.29, 1.82) is 0 Å². The van der Waals surface area contributed by atoms with Crippen LogP contribution >= 0.6 is 0 Å². The van der Waals surface area contributed by atoms with Crippen molar-refractivity contribution in [1.82, 2.24) is 14.6 Å². The van der Waals surface area contributed by atoms with Crippen molar-refractivity contribution in [2.45, 2.75) is 6.92 Å². The van der Waals surface area contributed by atoms with E-state index in [2.05, 4.69) is 10.2 Å². The molecule has 5 nitrogen and oxygen atoms in total. The first-order chi connectivity index (χ1) is 6.18. The van der Waals surface area contributed by atoms with E-state index < -0.39 is 5.97 Å². The molecule has 2 aromatic heterocycles. The van der Waals surface area contributed by atoms with Crippen molar-refractivity contribution in [2.24, 2.45) is 0 Å². The second-order valence-electron chi connectivity index (χ2n) is 2.70. The molecule has 0 unspecified atom stereocenters. The Labute approximate surface area is 73.6 Å². The monoisotopic (exact) mass is 177 g/mol. The van der Waals surface area contributed by atoms with Crippen molar-refractivity contribution < 1.29 is 9.90 Å². The molecule has 0 bridgehead atoms. The number of carboxylic acids is 1. The summed E-state index contributed by atoms with van der Waals surface area (Å²) in [6, 6.07) is 3.01. The van der Waals surface area contributed by atoms with Gasteiger partial charge in [0.15, 0.2) is 5.65 Å². The number of carboxylic acid groups (broad SMARTS) is 1. The Bertz CT molecular complexity index is 475.